The van der Waals surface area contributed by atoms with Gasteiger partial charge >= 0.3 is 0 Å². The third kappa shape index (κ3) is 4.85. The molecule has 1 aliphatic carbocycles. The highest BCUT2D eigenvalue weighted by Gasteiger charge is 2.60. The fourth-order valence-corrected chi connectivity index (χ4v) is 7.07. The molecule has 0 radical (unpaired) electrons. The van der Waals surface area contributed by atoms with Gasteiger partial charge in [0.2, 0.25) is 0 Å². The number of fused-ring (bicyclic) bond motifs is 1. The lowest BCUT2D eigenvalue weighted by Crippen LogP contribution is -2.61. The van der Waals surface area contributed by atoms with E-state index in [0.29, 0.717) is 31.8 Å². The summed E-state index contributed by atoms with van der Waals surface area (Å²) < 4.78 is 27.1. The summed E-state index contributed by atoms with van der Waals surface area (Å²) in [6, 6.07) is 11.0. The molecule has 0 unspecified atom stereocenters. The molecule has 0 saturated carbocycles. The third-order valence-corrected chi connectivity index (χ3v) is 8.71. The number of ether oxygens (including phenoxy) is 4. The zero-order valence-electron chi connectivity index (χ0n) is 22.3. The number of nitrogens with zero attached hydrogens (tertiary/aromatic N) is 2. The smallest absolute Gasteiger partial charge is 0.173 e. The first-order chi connectivity index (χ1) is 18.3. The first-order valence-corrected chi connectivity index (χ1v) is 14.2. The Kier molecular flexibility index (Phi) is 7.61. The van der Waals surface area contributed by atoms with E-state index in [1.807, 2.05) is 12.1 Å². The van der Waals surface area contributed by atoms with Crippen molar-refractivity contribution in [3.05, 3.63) is 71.6 Å². The number of allylic oxidation sites excluding steroid dienone is 2. The number of rotatable bonds is 7. The van der Waals surface area contributed by atoms with E-state index in [1.54, 1.807) is 7.11 Å². The van der Waals surface area contributed by atoms with Crippen molar-refractivity contribution >= 4 is 0 Å². The fourth-order valence-electron chi connectivity index (χ4n) is 7.07. The number of pyridine rings is 1. The summed E-state index contributed by atoms with van der Waals surface area (Å²) in [6.45, 7) is 5.92. The molecule has 1 aromatic heterocycles. The molecule has 5 bridgehead atoms. The lowest BCUT2D eigenvalue weighted by atomic mass is 9.65. The predicted octanol–water partition coefficient (Wildman–Crippen LogP) is 4.92. The average molecular weight is 506 g/mol. The standard InChI is InChI=1S/C31H41N2O4/c1-3-36-30-26-10-8-6-4-5-7-9-16-32-17-15-25-27(18-32)29(26)33-23(21-37-31(33)28(25)30)20-35-19-22-11-13-24(34-2)14-12-22/h4,6,11-15,17-18,23,26,28-31H,3,5,7-10,16,19-21H2,1-2H3/q+1/b6-4-/t23-,26+,28+,29+,30+,31+/m1/s1. The second-order valence-electron chi connectivity index (χ2n) is 10.9. The van der Waals surface area contributed by atoms with Crippen LogP contribution in [0.15, 0.2) is 54.9 Å². The number of methoxy groups -OCH3 is 1. The molecule has 6 atom stereocenters. The SMILES string of the molecule is CCO[C@H]1[C@H]2CC/C=C\CCCC[n+]3ccc4c(c3)[C@H]2N2[C@H](COCc3ccc(OC)cc3)CO[C@H]2[C@@H]41. The summed E-state index contributed by atoms with van der Waals surface area (Å²) in [5, 5.41) is 0. The minimum Gasteiger partial charge on any atom is -0.497 e. The number of aromatic nitrogens is 1. The molecule has 4 aliphatic heterocycles. The number of piperidine rings is 1. The van der Waals surface area contributed by atoms with Crippen LogP contribution in [-0.4, -0.2) is 50.2 Å². The van der Waals surface area contributed by atoms with Crippen LogP contribution in [0.2, 0.25) is 0 Å². The van der Waals surface area contributed by atoms with Crippen LogP contribution < -0.4 is 9.30 Å². The molecule has 2 fully saturated rings. The maximum Gasteiger partial charge on any atom is 0.173 e. The van der Waals surface area contributed by atoms with Crippen molar-refractivity contribution in [2.24, 2.45) is 5.92 Å². The molecule has 37 heavy (non-hydrogen) atoms. The van der Waals surface area contributed by atoms with E-state index in [0.717, 1.165) is 37.3 Å². The zero-order chi connectivity index (χ0) is 25.2. The van der Waals surface area contributed by atoms with Gasteiger partial charge in [-0.15, -0.1) is 0 Å². The number of benzene rings is 1. The summed E-state index contributed by atoms with van der Waals surface area (Å²) in [4.78, 5) is 2.66. The van der Waals surface area contributed by atoms with Gasteiger partial charge in [-0.1, -0.05) is 24.3 Å². The molecule has 0 spiro atoms. The minimum absolute atomic E-state index is 0.0574. The lowest BCUT2D eigenvalue weighted by Gasteiger charge is -2.56. The highest BCUT2D eigenvalue weighted by molar-refractivity contribution is 5.39. The van der Waals surface area contributed by atoms with Gasteiger partial charge in [-0.25, -0.2) is 4.57 Å². The predicted molar refractivity (Wildman–Crippen MR) is 141 cm³/mol. The molecule has 0 amide bonds. The minimum atomic E-state index is 0.0574. The highest BCUT2D eigenvalue weighted by atomic mass is 16.5. The Bertz CT molecular complexity index is 1090. The molecule has 0 N–H and O–H groups in total. The Hall–Kier alpha value is -2.25. The van der Waals surface area contributed by atoms with Gasteiger partial charge in [0.1, 0.15) is 18.5 Å². The van der Waals surface area contributed by atoms with E-state index < -0.39 is 0 Å². The van der Waals surface area contributed by atoms with E-state index in [9.17, 15) is 0 Å². The number of hydrogen-bond acceptors (Lipinski definition) is 5. The second-order valence-corrected chi connectivity index (χ2v) is 10.9. The van der Waals surface area contributed by atoms with Gasteiger partial charge in [-0.2, -0.15) is 0 Å². The maximum atomic E-state index is 6.56. The Balaban J connectivity index is 1.28. The molecule has 7 rings (SSSR count). The van der Waals surface area contributed by atoms with Gasteiger partial charge in [-0.05, 0) is 55.9 Å². The molecule has 5 aliphatic rings. The quantitative estimate of drug-likeness (QED) is 0.395. The van der Waals surface area contributed by atoms with Crippen molar-refractivity contribution in [2.75, 3.05) is 26.9 Å². The monoisotopic (exact) mass is 505 g/mol. The van der Waals surface area contributed by atoms with Crippen molar-refractivity contribution in [3.8, 4) is 5.75 Å². The van der Waals surface area contributed by atoms with Crippen LogP contribution in [0.1, 0.15) is 67.7 Å². The summed E-state index contributed by atoms with van der Waals surface area (Å²) >= 11 is 0. The molecule has 2 aromatic rings. The van der Waals surface area contributed by atoms with E-state index >= 15 is 0 Å². The summed E-state index contributed by atoms with van der Waals surface area (Å²) in [5.74, 6) is 1.55. The molecular formula is C31H41N2O4+. The van der Waals surface area contributed by atoms with Crippen molar-refractivity contribution in [2.45, 2.75) is 82.5 Å². The van der Waals surface area contributed by atoms with Gasteiger partial charge in [0.15, 0.2) is 12.4 Å². The largest absolute Gasteiger partial charge is 0.497 e. The normalized spacial score (nSPS) is 31.8. The van der Waals surface area contributed by atoms with Crippen molar-refractivity contribution in [3.63, 3.8) is 0 Å². The Morgan fingerprint density at radius 2 is 1.92 bits per heavy atom. The van der Waals surface area contributed by atoms with Crippen LogP contribution >= 0.6 is 0 Å². The molecule has 6 nitrogen and oxygen atoms in total. The number of aryl methyl sites for hydroxylation is 1. The summed E-state index contributed by atoms with van der Waals surface area (Å²) in [5.41, 5.74) is 4.08. The van der Waals surface area contributed by atoms with Crippen LogP contribution in [0.3, 0.4) is 0 Å². The number of hydrogen-bond donors (Lipinski definition) is 0. The van der Waals surface area contributed by atoms with E-state index in [-0.39, 0.29) is 24.3 Å². The highest BCUT2D eigenvalue weighted by Crippen LogP contribution is 2.57. The van der Waals surface area contributed by atoms with Gasteiger partial charge < -0.3 is 18.9 Å². The van der Waals surface area contributed by atoms with Crippen LogP contribution in [-0.2, 0) is 27.4 Å². The van der Waals surface area contributed by atoms with Crippen LogP contribution in [0.25, 0.3) is 0 Å². The second kappa shape index (κ2) is 11.2. The first-order valence-electron chi connectivity index (χ1n) is 14.2. The van der Waals surface area contributed by atoms with E-state index in [2.05, 4.69) is 59.1 Å². The molecular weight excluding hydrogens is 464 g/mol. The molecule has 2 saturated heterocycles. The van der Waals surface area contributed by atoms with Crippen molar-refractivity contribution in [1.82, 2.24) is 4.90 Å². The average Bonchev–Trinajstić information content (AvgIpc) is 3.35. The molecule has 5 heterocycles. The molecule has 1 aromatic carbocycles. The fraction of sp³-hybridized carbons (Fsp3) is 0.581. The molecule has 198 valence electrons. The zero-order valence-corrected chi connectivity index (χ0v) is 22.3. The van der Waals surface area contributed by atoms with Crippen LogP contribution in [0.4, 0.5) is 0 Å². The first kappa shape index (κ1) is 25.1. The van der Waals surface area contributed by atoms with E-state index in [1.165, 1.54) is 30.4 Å². The van der Waals surface area contributed by atoms with Gasteiger partial charge in [0, 0.05) is 36.6 Å². The Morgan fingerprint density at radius 3 is 2.76 bits per heavy atom. The summed E-state index contributed by atoms with van der Waals surface area (Å²) in [7, 11) is 1.70. The molecule has 6 heteroatoms. The van der Waals surface area contributed by atoms with Gasteiger partial charge in [0.05, 0.1) is 45.0 Å². The Labute approximate surface area is 221 Å². The lowest BCUT2D eigenvalue weighted by molar-refractivity contribution is -0.698. The van der Waals surface area contributed by atoms with E-state index in [4.69, 9.17) is 18.9 Å². The van der Waals surface area contributed by atoms with Gasteiger partial charge in [-0.3, -0.25) is 4.90 Å². The maximum absolute atomic E-state index is 6.56. The topological polar surface area (TPSA) is 44.0 Å². The third-order valence-electron chi connectivity index (χ3n) is 8.71. The summed E-state index contributed by atoms with van der Waals surface area (Å²) in [6.07, 6.45) is 15.6. The van der Waals surface area contributed by atoms with Gasteiger partial charge in [0.25, 0.3) is 0 Å². The Morgan fingerprint density at radius 1 is 1.05 bits per heavy atom. The van der Waals surface area contributed by atoms with Crippen LogP contribution in [0.5, 0.6) is 5.75 Å². The van der Waals surface area contributed by atoms with Crippen molar-refractivity contribution < 1.29 is 23.5 Å². The van der Waals surface area contributed by atoms with Crippen molar-refractivity contribution in [1.29, 1.82) is 0 Å². The van der Waals surface area contributed by atoms with Crippen LogP contribution in [0, 0.1) is 5.92 Å².